The maximum atomic E-state index is 12.1. The molecule has 0 atom stereocenters. The van der Waals surface area contributed by atoms with E-state index in [9.17, 15) is 4.79 Å². The van der Waals surface area contributed by atoms with E-state index in [0.717, 1.165) is 31.8 Å². The Labute approximate surface area is 172 Å². The van der Waals surface area contributed by atoms with E-state index in [1.54, 1.807) is 7.05 Å². The Bertz CT molecular complexity index is 541. The van der Waals surface area contributed by atoms with Crippen LogP contribution in [0.4, 0.5) is 0 Å². The highest BCUT2D eigenvalue weighted by molar-refractivity contribution is 14.0. The summed E-state index contributed by atoms with van der Waals surface area (Å²) in [7, 11) is 1.77. The van der Waals surface area contributed by atoms with E-state index in [-0.39, 0.29) is 35.8 Å². The van der Waals surface area contributed by atoms with Crippen LogP contribution in [0.3, 0.4) is 0 Å². The first-order chi connectivity index (χ1) is 11.7. The molecule has 142 valence electrons. The summed E-state index contributed by atoms with van der Waals surface area (Å²) in [6, 6.07) is 4.34. The molecule has 0 aliphatic heterocycles. The molecule has 0 aromatic carbocycles. The smallest absolute Gasteiger partial charge is 0.223 e. The third kappa shape index (κ3) is 7.94. The summed E-state index contributed by atoms with van der Waals surface area (Å²) in [6.07, 6.45) is 6.83. The highest BCUT2D eigenvalue weighted by Crippen LogP contribution is 2.23. The zero-order valence-electron chi connectivity index (χ0n) is 15.3. The third-order valence-corrected chi connectivity index (χ3v) is 5.64. The first kappa shape index (κ1) is 22.2. The molecule has 1 aromatic rings. The lowest BCUT2D eigenvalue weighted by atomic mass is 9.89. The summed E-state index contributed by atoms with van der Waals surface area (Å²) < 4.78 is 0. The molecule has 1 heterocycles. The Morgan fingerprint density at radius 2 is 1.80 bits per heavy atom. The molecule has 1 amide bonds. The average molecular weight is 478 g/mol. The van der Waals surface area contributed by atoms with Crippen molar-refractivity contribution in [1.82, 2.24) is 16.0 Å². The predicted octanol–water partition coefficient (Wildman–Crippen LogP) is 3.29. The van der Waals surface area contributed by atoms with Crippen LogP contribution in [0, 0.1) is 5.92 Å². The highest BCUT2D eigenvalue weighted by atomic mass is 127. The van der Waals surface area contributed by atoms with Gasteiger partial charge in [-0.1, -0.05) is 26.2 Å². The molecule has 1 aromatic heterocycles. The van der Waals surface area contributed by atoms with Gasteiger partial charge in [0.15, 0.2) is 5.96 Å². The van der Waals surface area contributed by atoms with Gasteiger partial charge in [0.1, 0.15) is 0 Å². The predicted molar refractivity (Wildman–Crippen MR) is 117 cm³/mol. The Hall–Kier alpha value is -0.830. The first-order valence-corrected chi connectivity index (χ1v) is 9.84. The van der Waals surface area contributed by atoms with Gasteiger partial charge in [0.05, 0.1) is 6.54 Å². The maximum Gasteiger partial charge on any atom is 0.223 e. The number of hydrogen-bond donors (Lipinski definition) is 3. The monoisotopic (exact) mass is 478 g/mol. The van der Waals surface area contributed by atoms with E-state index in [2.05, 4.69) is 40.0 Å². The number of thiophene rings is 1. The lowest BCUT2D eigenvalue weighted by molar-refractivity contribution is -0.125. The van der Waals surface area contributed by atoms with Crippen LogP contribution >= 0.6 is 35.3 Å². The Morgan fingerprint density at radius 1 is 1.12 bits per heavy atom. The molecular formula is C18H31IN4OS. The minimum atomic E-state index is 0. The minimum absolute atomic E-state index is 0. The number of guanidine groups is 1. The summed E-state index contributed by atoms with van der Waals surface area (Å²) in [5.41, 5.74) is 0. The van der Waals surface area contributed by atoms with Crippen LogP contribution in [0.5, 0.6) is 0 Å². The first-order valence-electron chi connectivity index (χ1n) is 9.02. The number of carbonyl (C=O) groups is 1. The zero-order valence-corrected chi connectivity index (χ0v) is 18.4. The summed E-state index contributed by atoms with van der Waals surface area (Å²) >= 11 is 1.83. The van der Waals surface area contributed by atoms with Crippen LogP contribution in [-0.4, -0.2) is 32.0 Å². The second kappa shape index (κ2) is 12.5. The molecule has 0 unspecified atom stereocenters. The maximum absolute atomic E-state index is 12.1. The topological polar surface area (TPSA) is 65.5 Å². The van der Waals surface area contributed by atoms with Crippen LogP contribution in [0.2, 0.25) is 0 Å². The number of amides is 1. The van der Waals surface area contributed by atoms with Crippen molar-refractivity contribution in [1.29, 1.82) is 0 Å². The van der Waals surface area contributed by atoms with Crippen molar-refractivity contribution in [2.45, 2.75) is 52.0 Å². The Balaban J connectivity index is 0.00000312. The second-order valence-corrected chi connectivity index (χ2v) is 7.45. The van der Waals surface area contributed by atoms with Crippen LogP contribution in [0.15, 0.2) is 17.1 Å². The number of aliphatic imine (C=N–C) groups is 1. The van der Waals surface area contributed by atoms with Gasteiger partial charge in [-0.2, -0.15) is 0 Å². The molecule has 0 bridgehead atoms. The Kier molecular flexibility index (Phi) is 11.1. The Morgan fingerprint density at radius 3 is 2.44 bits per heavy atom. The third-order valence-electron chi connectivity index (χ3n) is 4.41. The largest absolute Gasteiger partial charge is 0.355 e. The van der Waals surface area contributed by atoms with E-state index >= 15 is 0 Å². The van der Waals surface area contributed by atoms with E-state index in [1.165, 1.54) is 29.0 Å². The van der Waals surface area contributed by atoms with E-state index in [1.807, 2.05) is 11.3 Å². The van der Waals surface area contributed by atoms with Gasteiger partial charge in [0.25, 0.3) is 0 Å². The van der Waals surface area contributed by atoms with E-state index < -0.39 is 0 Å². The van der Waals surface area contributed by atoms with Gasteiger partial charge in [-0.3, -0.25) is 9.79 Å². The molecule has 0 radical (unpaired) electrons. The molecule has 7 heteroatoms. The van der Waals surface area contributed by atoms with Gasteiger partial charge < -0.3 is 16.0 Å². The molecule has 1 fully saturated rings. The molecule has 3 N–H and O–H groups in total. The number of nitrogens with zero attached hydrogens (tertiary/aromatic N) is 1. The fourth-order valence-electron chi connectivity index (χ4n) is 2.97. The zero-order chi connectivity index (χ0) is 17.2. The molecule has 0 saturated heterocycles. The van der Waals surface area contributed by atoms with Crippen LogP contribution in [0.1, 0.15) is 48.8 Å². The van der Waals surface area contributed by atoms with Crippen molar-refractivity contribution in [3.05, 3.63) is 21.9 Å². The molecule has 1 aliphatic carbocycles. The molecule has 0 spiro atoms. The number of halogens is 1. The lowest BCUT2D eigenvalue weighted by Gasteiger charge is -2.20. The van der Waals surface area contributed by atoms with Crippen molar-refractivity contribution in [2.75, 3.05) is 20.1 Å². The number of hydrogen-bond acceptors (Lipinski definition) is 3. The number of aryl methyl sites for hydroxylation is 1. The number of carbonyl (C=O) groups excluding carboxylic acids is 1. The quantitative estimate of drug-likeness (QED) is 0.244. The van der Waals surface area contributed by atoms with E-state index in [0.29, 0.717) is 13.1 Å². The molecule has 1 aliphatic rings. The van der Waals surface area contributed by atoms with Crippen molar-refractivity contribution >= 4 is 47.2 Å². The SMILES string of the molecule is CCc1ccc(CNC(=NC)NCCNC(=O)C2CCCCC2)s1.I. The number of rotatable bonds is 7. The standard InChI is InChI=1S/C18H30N4OS.HI/c1-3-15-9-10-16(24-15)13-22-18(19-2)21-12-11-20-17(23)14-7-5-4-6-8-14;/h9-10,14H,3-8,11-13H2,1-2H3,(H,20,23)(H2,19,21,22);1H. The lowest BCUT2D eigenvalue weighted by Crippen LogP contribution is -2.42. The van der Waals surface area contributed by atoms with Gasteiger partial charge in [0, 0.05) is 35.8 Å². The summed E-state index contributed by atoms with van der Waals surface area (Å²) in [5.74, 6) is 1.21. The summed E-state index contributed by atoms with van der Waals surface area (Å²) in [4.78, 5) is 19.0. The van der Waals surface area contributed by atoms with Gasteiger partial charge in [-0.25, -0.2) is 0 Å². The van der Waals surface area contributed by atoms with Gasteiger partial charge in [-0.15, -0.1) is 35.3 Å². The van der Waals surface area contributed by atoms with Crippen molar-refractivity contribution in [2.24, 2.45) is 10.9 Å². The van der Waals surface area contributed by atoms with Gasteiger partial charge in [-0.05, 0) is 31.4 Å². The molecule has 5 nitrogen and oxygen atoms in total. The molecule has 2 rings (SSSR count). The molecule has 1 saturated carbocycles. The van der Waals surface area contributed by atoms with Crippen LogP contribution < -0.4 is 16.0 Å². The van der Waals surface area contributed by atoms with E-state index in [4.69, 9.17) is 0 Å². The van der Waals surface area contributed by atoms with Crippen molar-refractivity contribution in [3.8, 4) is 0 Å². The minimum Gasteiger partial charge on any atom is -0.355 e. The second-order valence-electron chi connectivity index (χ2n) is 6.20. The molecular weight excluding hydrogens is 447 g/mol. The summed E-state index contributed by atoms with van der Waals surface area (Å²) in [5, 5.41) is 9.59. The van der Waals surface area contributed by atoms with Gasteiger partial charge in [0.2, 0.25) is 5.91 Å². The summed E-state index contributed by atoms with van der Waals surface area (Å²) in [6.45, 7) is 4.27. The highest BCUT2D eigenvalue weighted by Gasteiger charge is 2.20. The van der Waals surface area contributed by atoms with Crippen LogP contribution in [0.25, 0.3) is 0 Å². The van der Waals surface area contributed by atoms with Crippen LogP contribution in [-0.2, 0) is 17.8 Å². The van der Waals surface area contributed by atoms with Gasteiger partial charge >= 0.3 is 0 Å². The number of nitrogens with one attached hydrogen (secondary N) is 3. The fourth-order valence-corrected chi connectivity index (χ4v) is 3.87. The van der Waals surface area contributed by atoms with Crippen molar-refractivity contribution in [3.63, 3.8) is 0 Å². The van der Waals surface area contributed by atoms with Crippen molar-refractivity contribution < 1.29 is 4.79 Å². The fraction of sp³-hybridized carbons (Fsp3) is 0.667. The average Bonchev–Trinajstić information content (AvgIpc) is 3.09. The molecule has 25 heavy (non-hydrogen) atoms. The normalized spacial score (nSPS) is 15.4.